The summed E-state index contributed by atoms with van der Waals surface area (Å²) < 4.78 is 15.1. The van der Waals surface area contributed by atoms with Gasteiger partial charge in [0.25, 0.3) is 0 Å². The van der Waals surface area contributed by atoms with Gasteiger partial charge in [-0.15, -0.1) is 0 Å². The topological polar surface area (TPSA) is 32.3 Å². The number of hydrogen-bond donors (Lipinski definition) is 1. The third-order valence-corrected chi connectivity index (χ3v) is 6.60. The second-order valence-corrected chi connectivity index (χ2v) is 10.4. The molecule has 1 aliphatic carbocycles. The molecular formula is C22H41FN2O. The van der Waals surface area contributed by atoms with Crippen LogP contribution in [0.5, 0.6) is 0 Å². The van der Waals surface area contributed by atoms with E-state index in [1.807, 2.05) is 0 Å². The van der Waals surface area contributed by atoms with Crippen molar-refractivity contribution in [1.29, 1.82) is 0 Å². The molecule has 26 heavy (non-hydrogen) atoms. The third kappa shape index (κ3) is 7.17. The van der Waals surface area contributed by atoms with Crippen molar-refractivity contribution in [2.45, 2.75) is 85.2 Å². The number of nitrogens with zero attached hydrogens (tertiary/aromatic N) is 1. The number of amides is 1. The Hall–Kier alpha value is -0.640. The van der Waals surface area contributed by atoms with Crippen molar-refractivity contribution in [3.63, 3.8) is 0 Å². The second-order valence-electron chi connectivity index (χ2n) is 10.4. The Bertz CT molecular complexity index is 452. The van der Waals surface area contributed by atoms with Crippen LogP contribution in [0.4, 0.5) is 4.39 Å². The summed E-state index contributed by atoms with van der Waals surface area (Å²) in [5.41, 5.74) is -0.897. The van der Waals surface area contributed by atoms with Crippen molar-refractivity contribution in [3.05, 3.63) is 0 Å². The first-order valence-corrected chi connectivity index (χ1v) is 10.7. The molecule has 152 valence electrons. The molecule has 2 fully saturated rings. The summed E-state index contributed by atoms with van der Waals surface area (Å²) in [7, 11) is 0. The average Bonchev–Trinajstić information content (AvgIpc) is 2.55. The molecule has 4 heteroatoms. The van der Waals surface area contributed by atoms with E-state index >= 15 is 4.39 Å². The maximum absolute atomic E-state index is 15.1. The Labute approximate surface area is 160 Å². The van der Waals surface area contributed by atoms with E-state index in [1.54, 1.807) is 0 Å². The maximum Gasteiger partial charge on any atom is 0.220 e. The van der Waals surface area contributed by atoms with Crippen LogP contribution in [0.1, 0.15) is 79.6 Å². The molecule has 1 N–H and O–H groups in total. The largest absolute Gasteiger partial charge is 0.353 e. The summed E-state index contributed by atoms with van der Waals surface area (Å²) in [6, 6.07) is 0. The fourth-order valence-electron chi connectivity index (χ4n) is 4.35. The van der Waals surface area contributed by atoms with Gasteiger partial charge in [-0.25, -0.2) is 4.39 Å². The number of rotatable bonds is 6. The molecule has 3 atom stereocenters. The van der Waals surface area contributed by atoms with Crippen molar-refractivity contribution in [2.75, 3.05) is 26.2 Å². The van der Waals surface area contributed by atoms with Gasteiger partial charge in [0.1, 0.15) is 5.67 Å². The predicted octanol–water partition coefficient (Wildman–Crippen LogP) is 4.81. The lowest BCUT2D eigenvalue weighted by atomic mass is 9.74. The molecular weight excluding hydrogens is 327 g/mol. The second kappa shape index (κ2) is 9.03. The average molecular weight is 369 g/mol. The van der Waals surface area contributed by atoms with Gasteiger partial charge in [-0.2, -0.15) is 0 Å². The van der Waals surface area contributed by atoms with Crippen molar-refractivity contribution >= 4 is 5.91 Å². The molecule has 1 unspecified atom stereocenters. The van der Waals surface area contributed by atoms with E-state index in [4.69, 9.17) is 0 Å². The van der Waals surface area contributed by atoms with Crippen molar-refractivity contribution in [3.8, 4) is 0 Å². The van der Waals surface area contributed by atoms with E-state index in [9.17, 15) is 4.79 Å². The lowest BCUT2D eigenvalue weighted by Gasteiger charge is -2.37. The molecule has 2 aliphatic rings. The van der Waals surface area contributed by atoms with Crippen molar-refractivity contribution in [2.24, 2.45) is 23.2 Å². The predicted molar refractivity (Wildman–Crippen MR) is 107 cm³/mol. The van der Waals surface area contributed by atoms with Crippen LogP contribution in [0, 0.1) is 23.2 Å². The van der Waals surface area contributed by atoms with E-state index in [-0.39, 0.29) is 12.5 Å². The molecule has 0 aromatic rings. The van der Waals surface area contributed by atoms with E-state index in [2.05, 4.69) is 44.8 Å². The molecule has 0 aromatic heterocycles. The van der Waals surface area contributed by atoms with Crippen LogP contribution in [0.3, 0.4) is 0 Å². The Kier molecular flexibility index (Phi) is 7.52. The Morgan fingerprint density at radius 1 is 1.19 bits per heavy atom. The normalized spacial score (nSPS) is 30.2. The highest BCUT2D eigenvalue weighted by molar-refractivity contribution is 5.76. The lowest BCUT2D eigenvalue weighted by molar-refractivity contribution is -0.123. The van der Waals surface area contributed by atoms with E-state index < -0.39 is 5.67 Å². The number of likely N-dealkylation sites (tertiary alicyclic amines) is 1. The first kappa shape index (κ1) is 21.7. The molecule has 1 amide bonds. The monoisotopic (exact) mass is 368 g/mol. The van der Waals surface area contributed by atoms with Crippen LogP contribution in [-0.2, 0) is 4.79 Å². The van der Waals surface area contributed by atoms with Crippen LogP contribution in [0.15, 0.2) is 0 Å². The summed E-state index contributed by atoms with van der Waals surface area (Å²) in [6.45, 7) is 14.1. The van der Waals surface area contributed by atoms with Gasteiger partial charge in [-0.1, -0.05) is 47.5 Å². The highest BCUT2D eigenvalue weighted by Crippen LogP contribution is 2.35. The van der Waals surface area contributed by atoms with E-state index in [0.717, 1.165) is 32.5 Å². The SMILES string of the molecule is C[C@H]1CC[C@@H](C)C(CC(=O)NCC2(F)CCN(CCC(C)(C)C)CC2)C1. The van der Waals surface area contributed by atoms with Gasteiger partial charge in [0.05, 0.1) is 6.54 Å². The first-order chi connectivity index (χ1) is 12.1. The molecule has 0 spiro atoms. The number of nitrogens with one attached hydrogen (secondary N) is 1. The van der Waals surface area contributed by atoms with Crippen molar-refractivity contribution in [1.82, 2.24) is 10.2 Å². The molecule has 1 heterocycles. The summed E-state index contributed by atoms with van der Waals surface area (Å²) >= 11 is 0. The van der Waals surface area contributed by atoms with Gasteiger partial charge >= 0.3 is 0 Å². The zero-order valence-corrected chi connectivity index (χ0v) is 17.7. The highest BCUT2D eigenvalue weighted by atomic mass is 19.1. The van der Waals surface area contributed by atoms with Crippen molar-refractivity contribution < 1.29 is 9.18 Å². The lowest BCUT2D eigenvalue weighted by Crippen LogP contribution is -2.48. The Balaban J connectivity index is 1.69. The highest BCUT2D eigenvalue weighted by Gasteiger charge is 2.35. The van der Waals surface area contributed by atoms with Crippen LogP contribution < -0.4 is 5.32 Å². The molecule has 1 aliphatic heterocycles. The number of carbonyl (C=O) groups is 1. The summed E-state index contributed by atoms with van der Waals surface area (Å²) in [4.78, 5) is 14.7. The minimum absolute atomic E-state index is 0.0446. The molecule has 0 aromatic carbocycles. The summed E-state index contributed by atoms with van der Waals surface area (Å²) in [5.74, 6) is 1.84. The standard InChI is InChI=1S/C22H41FN2O/c1-17-6-7-18(2)19(14-17)15-20(26)24-16-22(23)9-12-25(13-10-22)11-8-21(3,4)5/h17-19H,6-16H2,1-5H3,(H,24,26)/t17-,18+,19?/m0/s1. The summed E-state index contributed by atoms with van der Waals surface area (Å²) in [6.07, 6.45) is 6.41. The van der Waals surface area contributed by atoms with Gasteiger partial charge in [0.2, 0.25) is 5.91 Å². The first-order valence-electron chi connectivity index (χ1n) is 10.7. The van der Waals surface area contributed by atoms with Crippen LogP contribution >= 0.6 is 0 Å². The van der Waals surface area contributed by atoms with Crippen LogP contribution in [0.25, 0.3) is 0 Å². The van der Waals surface area contributed by atoms with E-state index in [1.165, 1.54) is 12.8 Å². The number of alkyl halides is 1. The molecule has 3 nitrogen and oxygen atoms in total. The Morgan fingerprint density at radius 3 is 2.46 bits per heavy atom. The van der Waals surface area contributed by atoms with Crippen LogP contribution in [0.2, 0.25) is 0 Å². The third-order valence-electron chi connectivity index (χ3n) is 6.60. The summed E-state index contributed by atoms with van der Waals surface area (Å²) in [5, 5.41) is 2.91. The van der Waals surface area contributed by atoms with E-state index in [0.29, 0.717) is 42.4 Å². The molecule has 0 bridgehead atoms. The fraction of sp³-hybridized carbons (Fsp3) is 0.955. The van der Waals surface area contributed by atoms with Crippen LogP contribution in [-0.4, -0.2) is 42.7 Å². The van der Waals surface area contributed by atoms with Gasteiger partial charge in [-0.3, -0.25) is 4.79 Å². The van der Waals surface area contributed by atoms with Gasteiger partial charge in [-0.05, 0) is 55.4 Å². The van der Waals surface area contributed by atoms with Gasteiger partial charge in [0, 0.05) is 19.5 Å². The van der Waals surface area contributed by atoms with Gasteiger partial charge < -0.3 is 10.2 Å². The minimum atomic E-state index is -1.22. The minimum Gasteiger partial charge on any atom is -0.353 e. The fourth-order valence-corrected chi connectivity index (χ4v) is 4.35. The number of piperidine rings is 1. The number of carbonyl (C=O) groups excluding carboxylic acids is 1. The number of halogens is 1. The molecule has 1 saturated carbocycles. The zero-order valence-electron chi connectivity index (χ0n) is 17.7. The smallest absolute Gasteiger partial charge is 0.220 e. The molecule has 1 saturated heterocycles. The number of hydrogen-bond acceptors (Lipinski definition) is 2. The Morgan fingerprint density at radius 2 is 1.85 bits per heavy atom. The molecule has 2 rings (SSSR count). The van der Waals surface area contributed by atoms with Gasteiger partial charge in [0.15, 0.2) is 0 Å². The quantitative estimate of drug-likeness (QED) is 0.730. The maximum atomic E-state index is 15.1. The molecule has 0 radical (unpaired) electrons. The zero-order chi connectivity index (χ0) is 19.4.